The van der Waals surface area contributed by atoms with E-state index in [1.165, 1.54) is 30.3 Å². The minimum atomic E-state index is -1.01. The predicted octanol–water partition coefficient (Wildman–Crippen LogP) is 2.19. The Hall–Kier alpha value is -2.77. The van der Waals surface area contributed by atoms with Gasteiger partial charge in [-0.05, 0) is 12.1 Å². The molecule has 0 aliphatic heterocycles. The molecular formula is C13H12FN3O4. The van der Waals surface area contributed by atoms with Gasteiger partial charge in [-0.15, -0.1) is 0 Å². The van der Waals surface area contributed by atoms with Crippen LogP contribution in [0.3, 0.4) is 0 Å². The van der Waals surface area contributed by atoms with Crippen molar-refractivity contribution in [1.29, 1.82) is 0 Å². The Morgan fingerprint density at radius 3 is 2.90 bits per heavy atom. The monoisotopic (exact) mass is 293 g/mol. The van der Waals surface area contributed by atoms with E-state index in [1.54, 1.807) is 0 Å². The fourth-order valence-electron chi connectivity index (χ4n) is 2.07. The molecule has 21 heavy (non-hydrogen) atoms. The van der Waals surface area contributed by atoms with Gasteiger partial charge in [0.1, 0.15) is 5.52 Å². The number of fused-ring (bicyclic) bond motifs is 1. The largest absolute Gasteiger partial charge is 0.481 e. The molecule has 8 heteroatoms. The molecule has 2 rings (SSSR count). The summed E-state index contributed by atoms with van der Waals surface area (Å²) in [6, 6.07) is 3.83. The number of hydrogen-bond acceptors (Lipinski definition) is 5. The van der Waals surface area contributed by atoms with Gasteiger partial charge in [-0.25, -0.2) is 4.39 Å². The summed E-state index contributed by atoms with van der Waals surface area (Å²) < 4.78 is 14.2. The molecule has 0 aliphatic carbocycles. The normalized spacial score (nSPS) is 10.6. The lowest BCUT2D eigenvalue weighted by Crippen LogP contribution is -2.22. The number of carboxylic acid groups (broad SMARTS) is 1. The molecule has 7 nitrogen and oxygen atoms in total. The van der Waals surface area contributed by atoms with Gasteiger partial charge in [0.2, 0.25) is 0 Å². The Morgan fingerprint density at radius 2 is 2.29 bits per heavy atom. The summed E-state index contributed by atoms with van der Waals surface area (Å²) >= 11 is 0. The van der Waals surface area contributed by atoms with Crippen molar-refractivity contribution in [3.63, 3.8) is 0 Å². The van der Waals surface area contributed by atoms with Crippen LogP contribution >= 0.6 is 0 Å². The predicted molar refractivity (Wildman–Crippen MR) is 73.9 cm³/mol. The number of carboxylic acids is 1. The van der Waals surface area contributed by atoms with Crippen LogP contribution in [0.15, 0.2) is 24.4 Å². The van der Waals surface area contributed by atoms with Crippen molar-refractivity contribution in [2.75, 3.05) is 18.5 Å². The Morgan fingerprint density at radius 1 is 1.57 bits per heavy atom. The van der Waals surface area contributed by atoms with E-state index in [9.17, 15) is 19.3 Å². The van der Waals surface area contributed by atoms with E-state index in [-0.39, 0.29) is 35.2 Å². The molecule has 0 radical (unpaired) electrons. The molecular weight excluding hydrogens is 281 g/mol. The average molecular weight is 293 g/mol. The lowest BCUT2D eigenvalue weighted by atomic mass is 10.1. The van der Waals surface area contributed by atoms with Crippen LogP contribution in [0, 0.1) is 15.9 Å². The second kappa shape index (κ2) is 5.70. The van der Waals surface area contributed by atoms with Gasteiger partial charge in [0.05, 0.1) is 28.5 Å². The molecule has 0 saturated heterocycles. The Kier molecular flexibility index (Phi) is 3.97. The number of aliphatic carboxylic acids is 1. The number of benzene rings is 1. The van der Waals surface area contributed by atoms with Gasteiger partial charge in [-0.3, -0.25) is 19.9 Å². The van der Waals surface area contributed by atoms with E-state index >= 15 is 0 Å². The number of rotatable bonds is 5. The smallest absolute Gasteiger partial charge is 0.305 e. The first kappa shape index (κ1) is 14.6. The summed E-state index contributed by atoms with van der Waals surface area (Å²) in [7, 11) is 1.52. The van der Waals surface area contributed by atoms with Crippen molar-refractivity contribution in [3.05, 3.63) is 40.3 Å². The highest BCUT2D eigenvalue weighted by Crippen LogP contribution is 2.34. The number of nitro groups is 1. The van der Waals surface area contributed by atoms with E-state index in [2.05, 4.69) is 4.98 Å². The minimum Gasteiger partial charge on any atom is -0.481 e. The first-order chi connectivity index (χ1) is 9.91. The van der Waals surface area contributed by atoms with Gasteiger partial charge < -0.3 is 10.0 Å². The number of nitrogens with zero attached hydrogens (tertiary/aromatic N) is 3. The summed E-state index contributed by atoms with van der Waals surface area (Å²) in [5.41, 5.74) is -0.180. The SMILES string of the molecule is CN(CCC(=O)O)c1c(F)cc([N+](=O)[O-])c2cccnc12. The number of nitro benzene ring substituents is 1. The zero-order valence-electron chi connectivity index (χ0n) is 11.1. The van der Waals surface area contributed by atoms with E-state index in [0.29, 0.717) is 0 Å². The molecule has 1 heterocycles. The summed E-state index contributed by atoms with van der Waals surface area (Å²) in [5.74, 6) is -1.82. The molecule has 0 amide bonds. The summed E-state index contributed by atoms with van der Waals surface area (Å²) in [5, 5.41) is 19.9. The number of aromatic nitrogens is 1. The zero-order valence-corrected chi connectivity index (χ0v) is 11.1. The first-order valence-corrected chi connectivity index (χ1v) is 6.06. The first-order valence-electron chi connectivity index (χ1n) is 6.06. The van der Waals surface area contributed by atoms with Crippen molar-refractivity contribution >= 4 is 28.2 Å². The van der Waals surface area contributed by atoms with Gasteiger partial charge in [0.25, 0.3) is 5.69 Å². The van der Waals surface area contributed by atoms with E-state index in [0.717, 1.165) is 6.07 Å². The Labute approximate surface area is 118 Å². The fourth-order valence-corrected chi connectivity index (χ4v) is 2.07. The number of halogens is 1. The molecule has 0 unspecified atom stereocenters. The van der Waals surface area contributed by atoms with Crippen LogP contribution in [0.5, 0.6) is 0 Å². The second-order valence-electron chi connectivity index (χ2n) is 4.45. The molecule has 0 fully saturated rings. The molecule has 1 N–H and O–H groups in total. The summed E-state index contributed by atoms with van der Waals surface area (Å²) in [6.07, 6.45) is 1.22. The molecule has 1 aromatic heterocycles. The molecule has 0 aliphatic rings. The standard InChI is InChI=1S/C13H12FN3O4/c1-16(6-4-11(18)19)13-9(14)7-10(17(20)21)8-3-2-5-15-12(8)13/h2-3,5,7H,4,6H2,1H3,(H,18,19). The zero-order chi connectivity index (χ0) is 15.6. The van der Waals surface area contributed by atoms with Crippen LogP contribution in [0.4, 0.5) is 15.8 Å². The van der Waals surface area contributed by atoms with E-state index in [1.807, 2.05) is 0 Å². The lowest BCUT2D eigenvalue weighted by molar-refractivity contribution is -0.383. The quantitative estimate of drug-likeness (QED) is 0.670. The third kappa shape index (κ3) is 2.88. The number of pyridine rings is 1. The molecule has 0 atom stereocenters. The third-order valence-corrected chi connectivity index (χ3v) is 3.04. The highest BCUT2D eigenvalue weighted by molar-refractivity contribution is 5.97. The molecule has 0 bridgehead atoms. The molecule has 0 saturated carbocycles. The highest BCUT2D eigenvalue weighted by atomic mass is 19.1. The summed E-state index contributed by atoms with van der Waals surface area (Å²) in [4.78, 5) is 26.3. The van der Waals surface area contributed by atoms with Crippen molar-refractivity contribution in [1.82, 2.24) is 4.98 Å². The fraction of sp³-hybridized carbons (Fsp3) is 0.231. The van der Waals surface area contributed by atoms with Gasteiger partial charge in [-0.2, -0.15) is 0 Å². The molecule has 2 aromatic rings. The van der Waals surface area contributed by atoms with Crippen LogP contribution < -0.4 is 4.90 Å². The van der Waals surface area contributed by atoms with Crippen molar-refractivity contribution in [2.45, 2.75) is 6.42 Å². The second-order valence-corrected chi connectivity index (χ2v) is 4.45. The Balaban J connectivity index is 2.59. The number of carbonyl (C=O) groups is 1. The van der Waals surface area contributed by atoms with Gasteiger partial charge in [0, 0.05) is 19.8 Å². The molecule has 110 valence electrons. The molecule has 1 aromatic carbocycles. The van der Waals surface area contributed by atoms with Gasteiger partial charge >= 0.3 is 5.97 Å². The highest BCUT2D eigenvalue weighted by Gasteiger charge is 2.22. The Bertz CT molecular complexity index is 720. The van der Waals surface area contributed by atoms with Crippen LogP contribution in [-0.4, -0.2) is 34.6 Å². The van der Waals surface area contributed by atoms with Crippen LogP contribution in [0.25, 0.3) is 10.9 Å². The van der Waals surface area contributed by atoms with Crippen LogP contribution in [0.2, 0.25) is 0 Å². The van der Waals surface area contributed by atoms with Gasteiger partial charge in [0.15, 0.2) is 5.82 Å². The summed E-state index contributed by atoms with van der Waals surface area (Å²) in [6.45, 7) is 0.0652. The van der Waals surface area contributed by atoms with E-state index in [4.69, 9.17) is 5.11 Å². The minimum absolute atomic E-state index is 0.0532. The van der Waals surface area contributed by atoms with Gasteiger partial charge in [-0.1, -0.05) is 0 Å². The number of hydrogen-bond donors (Lipinski definition) is 1. The van der Waals surface area contributed by atoms with Crippen molar-refractivity contribution in [3.8, 4) is 0 Å². The number of non-ortho nitro benzene ring substituents is 1. The van der Waals surface area contributed by atoms with Crippen LogP contribution in [-0.2, 0) is 4.79 Å². The topological polar surface area (TPSA) is 96.6 Å². The third-order valence-electron chi connectivity index (χ3n) is 3.04. The maximum absolute atomic E-state index is 14.2. The number of anilines is 1. The average Bonchev–Trinajstić information content (AvgIpc) is 2.43. The van der Waals surface area contributed by atoms with Crippen molar-refractivity contribution < 1.29 is 19.2 Å². The maximum atomic E-state index is 14.2. The maximum Gasteiger partial charge on any atom is 0.305 e. The molecule has 0 spiro atoms. The van der Waals surface area contributed by atoms with Crippen LogP contribution in [0.1, 0.15) is 6.42 Å². The van der Waals surface area contributed by atoms with E-state index < -0.39 is 16.7 Å². The lowest BCUT2D eigenvalue weighted by Gasteiger charge is -2.20. The van der Waals surface area contributed by atoms with Crippen molar-refractivity contribution in [2.24, 2.45) is 0 Å².